The largest absolute Gasteiger partial charge is 0.480 e. The fourth-order valence-electron chi connectivity index (χ4n) is 3.11. The monoisotopic (exact) mass is 393 g/mol. The molecule has 8 heteroatoms. The molecule has 1 aromatic carbocycles. The molecule has 4 rings (SSSR count). The molecule has 0 saturated heterocycles. The van der Waals surface area contributed by atoms with Crippen molar-refractivity contribution in [3.63, 3.8) is 0 Å². The summed E-state index contributed by atoms with van der Waals surface area (Å²) in [5.41, 5.74) is 3.24. The second kappa shape index (κ2) is 7.21. The first-order valence-corrected chi connectivity index (χ1v) is 9.03. The van der Waals surface area contributed by atoms with Gasteiger partial charge in [0.2, 0.25) is 5.88 Å². The summed E-state index contributed by atoms with van der Waals surface area (Å²) < 4.78 is 20.0. The lowest BCUT2D eigenvalue weighted by atomic mass is 9.99. The first-order chi connectivity index (χ1) is 13.9. The van der Waals surface area contributed by atoms with Gasteiger partial charge in [0.05, 0.1) is 24.7 Å². The van der Waals surface area contributed by atoms with Crippen molar-refractivity contribution in [2.24, 2.45) is 0 Å². The standard InChI is InChI=1S/C21H20FN5O2/c1-13-19(23-10-18(26-13)29-3)14-5-4-6-16(7-14)27-12-25-17-8-15(9-24-20(17)27)21(2,28)11-22/h4-10,12,28H,11H2,1-3H3. The molecule has 0 radical (unpaired) electrons. The Bertz CT molecular complexity index is 1190. The third kappa shape index (κ3) is 3.42. The number of hydrogen-bond acceptors (Lipinski definition) is 6. The van der Waals surface area contributed by atoms with E-state index in [2.05, 4.69) is 19.9 Å². The molecule has 0 aliphatic carbocycles. The van der Waals surface area contributed by atoms with Crippen LogP contribution in [0.3, 0.4) is 0 Å². The van der Waals surface area contributed by atoms with Gasteiger partial charge in [-0.05, 0) is 32.0 Å². The minimum atomic E-state index is -1.59. The van der Waals surface area contributed by atoms with Crippen LogP contribution < -0.4 is 4.74 Å². The molecule has 1 atom stereocenters. The third-order valence-electron chi connectivity index (χ3n) is 4.80. The summed E-state index contributed by atoms with van der Waals surface area (Å²) in [5.74, 6) is 0.465. The predicted molar refractivity (Wildman–Crippen MR) is 107 cm³/mol. The van der Waals surface area contributed by atoms with Gasteiger partial charge in [-0.25, -0.2) is 24.3 Å². The number of aliphatic hydroxyl groups is 1. The number of benzene rings is 1. The van der Waals surface area contributed by atoms with Crippen LogP contribution in [0.5, 0.6) is 5.88 Å². The van der Waals surface area contributed by atoms with E-state index in [-0.39, 0.29) is 0 Å². The number of aromatic nitrogens is 5. The fourth-order valence-corrected chi connectivity index (χ4v) is 3.11. The maximum absolute atomic E-state index is 13.1. The van der Waals surface area contributed by atoms with E-state index >= 15 is 0 Å². The van der Waals surface area contributed by atoms with Gasteiger partial charge in [0.15, 0.2) is 5.65 Å². The summed E-state index contributed by atoms with van der Waals surface area (Å²) in [6.07, 6.45) is 4.71. The van der Waals surface area contributed by atoms with Crippen LogP contribution in [0.25, 0.3) is 28.1 Å². The highest BCUT2D eigenvalue weighted by Gasteiger charge is 2.24. The molecule has 0 fully saturated rings. The number of rotatable bonds is 5. The number of pyridine rings is 1. The number of alkyl halides is 1. The maximum Gasteiger partial charge on any atom is 0.232 e. The van der Waals surface area contributed by atoms with E-state index in [0.717, 1.165) is 22.6 Å². The van der Waals surface area contributed by atoms with Crippen LogP contribution in [0.15, 0.2) is 49.1 Å². The number of halogens is 1. The van der Waals surface area contributed by atoms with Crippen LogP contribution in [0.4, 0.5) is 4.39 Å². The number of aryl methyl sites for hydroxylation is 1. The van der Waals surface area contributed by atoms with Gasteiger partial charge in [-0.1, -0.05) is 12.1 Å². The van der Waals surface area contributed by atoms with Crippen molar-refractivity contribution in [3.8, 4) is 22.8 Å². The van der Waals surface area contributed by atoms with Crippen LogP contribution in [0.1, 0.15) is 18.2 Å². The Labute approximate surface area is 166 Å². The SMILES string of the molecule is COc1cnc(-c2cccc(-n3cnc4cc(C(C)(O)CF)cnc43)c2)c(C)n1. The van der Waals surface area contributed by atoms with Gasteiger partial charge in [-0.15, -0.1) is 0 Å². The smallest absolute Gasteiger partial charge is 0.232 e. The predicted octanol–water partition coefficient (Wildman–Crippen LogP) is 3.37. The Morgan fingerprint density at radius 2 is 2.00 bits per heavy atom. The second-order valence-electron chi connectivity index (χ2n) is 6.99. The van der Waals surface area contributed by atoms with Crippen LogP contribution >= 0.6 is 0 Å². The summed E-state index contributed by atoms with van der Waals surface area (Å²) in [6, 6.07) is 9.43. The first kappa shape index (κ1) is 18.9. The molecule has 4 aromatic rings. The third-order valence-corrected chi connectivity index (χ3v) is 4.80. The van der Waals surface area contributed by atoms with E-state index in [1.807, 2.05) is 35.8 Å². The van der Waals surface area contributed by atoms with Crippen LogP contribution in [-0.2, 0) is 5.60 Å². The van der Waals surface area contributed by atoms with E-state index < -0.39 is 12.3 Å². The van der Waals surface area contributed by atoms with Gasteiger partial charge in [-0.2, -0.15) is 0 Å². The minimum Gasteiger partial charge on any atom is -0.480 e. The molecule has 0 saturated carbocycles. The second-order valence-corrected chi connectivity index (χ2v) is 6.99. The van der Waals surface area contributed by atoms with Gasteiger partial charge >= 0.3 is 0 Å². The normalized spacial score (nSPS) is 13.4. The molecule has 7 nitrogen and oxygen atoms in total. The molecule has 0 aliphatic rings. The zero-order valence-electron chi connectivity index (χ0n) is 16.3. The van der Waals surface area contributed by atoms with Gasteiger partial charge in [0, 0.05) is 23.0 Å². The Balaban J connectivity index is 1.76. The molecule has 29 heavy (non-hydrogen) atoms. The Hall–Kier alpha value is -3.39. The van der Waals surface area contributed by atoms with Crippen molar-refractivity contribution in [2.75, 3.05) is 13.8 Å². The quantitative estimate of drug-likeness (QED) is 0.560. The number of ether oxygens (including phenoxy) is 1. The number of hydrogen-bond donors (Lipinski definition) is 1. The average molecular weight is 393 g/mol. The van der Waals surface area contributed by atoms with E-state index in [4.69, 9.17) is 4.74 Å². The van der Waals surface area contributed by atoms with Gasteiger partial charge in [0.1, 0.15) is 24.1 Å². The van der Waals surface area contributed by atoms with E-state index in [9.17, 15) is 9.50 Å². The molecule has 148 valence electrons. The summed E-state index contributed by atoms with van der Waals surface area (Å²) in [7, 11) is 1.55. The summed E-state index contributed by atoms with van der Waals surface area (Å²) in [4.78, 5) is 17.6. The molecule has 3 heterocycles. The molecule has 1 N–H and O–H groups in total. The summed E-state index contributed by atoms with van der Waals surface area (Å²) >= 11 is 0. The van der Waals surface area contributed by atoms with Crippen molar-refractivity contribution < 1.29 is 14.2 Å². The molecule has 3 aromatic heterocycles. The molecule has 0 aliphatic heterocycles. The van der Waals surface area contributed by atoms with Crippen molar-refractivity contribution in [2.45, 2.75) is 19.4 Å². The highest BCUT2D eigenvalue weighted by atomic mass is 19.1. The number of fused-ring (bicyclic) bond motifs is 1. The lowest BCUT2D eigenvalue weighted by Gasteiger charge is -2.18. The topological polar surface area (TPSA) is 86.0 Å². The minimum absolute atomic E-state index is 0.385. The zero-order chi connectivity index (χ0) is 20.6. The molecular weight excluding hydrogens is 373 g/mol. The molecule has 0 amide bonds. The number of methoxy groups -OCH3 is 1. The van der Waals surface area contributed by atoms with Crippen molar-refractivity contribution in [3.05, 3.63) is 60.3 Å². The highest BCUT2D eigenvalue weighted by Crippen LogP contribution is 2.27. The maximum atomic E-state index is 13.1. The zero-order valence-corrected chi connectivity index (χ0v) is 16.3. The van der Waals surface area contributed by atoms with Gasteiger partial charge in [-0.3, -0.25) is 4.57 Å². The Morgan fingerprint density at radius 1 is 1.17 bits per heavy atom. The van der Waals surface area contributed by atoms with Crippen molar-refractivity contribution in [1.82, 2.24) is 24.5 Å². The molecular formula is C21H20FN5O2. The van der Waals surface area contributed by atoms with Crippen LogP contribution in [0, 0.1) is 6.92 Å². The lowest BCUT2D eigenvalue weighted by molar-refractivity contribution is 0.0298. The highest BCUT2D eigenvalue weighted by molar-refractivity contribution is 5.75. The van der Waals surface area contributed by atoms with Gasteiger partial charge in [0.25, 0.3) is 0 Å². The summed E-state index contributed by atoms with van der Waals surface area (Å²) in [5, 5.41) is 10.1. The van der Waals surface area contributed by atoms with Crippen molar-refractivity contribution in [1.29, 1.82) is 0 Å². The Kier molecular flexibility index (Phi) is 4.71. The van der Waals surface area contributed by atoms with Crippen LogP contribution in [0.2, 0.25) is 0 Å². The lowest BCUT2D eigenvalue weighted by Crippen LogP contribution is -2.23. The van der Waals surface area contributed by atoms with E-state index in [1.165, 1.54) is 13.1 Å². The number of imidazole rings is 1. The summed E-state index contributed by atoms with van der Waals surface area (Å²) in [6.45, 7) is 2.39. The molecule has 1 unspecified atom stereocenters. The van der Waals surface area contributed by atoms with Gasteiger partial charge < -0.3 is 9.84 Å². The molecule has 0 spiro atoms. The fraction of sp³-hybridized carbons (Fsp3) is 0.238. The number of nitrogens with zero attached hydrogens (tertiary/aromatic N) is 5. The van der Waals surface area contributed by atoms with E-state index in [1.54, 1.807) is 25.7 Å². The van der Waals surface area contributed by atoms with Crippen LogP contribution in [-0.4, -0.2) is 43.4 Å². The Morgan fingerprint density at radius 3 is 2.72 bits per heavy atom. The van der Waals surface area contributed by atoms with Crippen molar-refractivity contribution >= 4 is 11.2 Å². The van der Waals surface area contributed by atoms with E-state index in [0.29, 0.717) is 22.6 Å². The first-order valence-electron chi connectivity index (χ1n) is 9.03. The molecule has 0 bridgehead atoms. The average Bonchev–Trinajstić information content (AvgIpc) is 3.17.